The van der Waals surface area contributed by atoms with Crippen LogP contribution in [0.5, 0.6) is 0 Å². The van der Waals surface area contributed by atoms with Crippen LogP contribution in [0.2, 0.25) is 0 Å². The minimum absolute atomic E-state index is 0.626. The van der Waals surface area contributed by atoms with Gasteiger partial charge in [-0.3, -0.25) is 0 Å². The molecule has 0 aliphatic carbocycles. The van der Waals surface area contributed by atoms with Gasteiger partial charge in [0.05, 0.1) is 18.4 Å². The number of hydrogen-bond acceptors (Lipinski definition) is 5. The Morgan fingerprint density at radius 1 is 1.40 bits per heavy atom. The van der Waals surface area contributed by atoms with Crippen molar-refractivity contribution in [2.75, 3.05) is 5.32 Å². The Hall–Kier alpha value is -2.04. The van der Waals surface area contributed by atoms with Crippen molar-refractivity contribution in [3.05, 3.63) is 42.1 Å². The van der Waals surface area contributed by atoms with Gasteiger partial charge >= 0.3 is 0 Å². The second-order valence-electron chi connectivity index (χ2n) is 3.17. The van der Waals surface area contributed by atoms with Crippen molar-refractivity contribution in [3.63, 3.8) is 0 Å². The van der Waals surface area contributed by atoms with Gasteiger partial charge in [-0.15, -0.1) is 5.10 Å². The second kappa shape index (κ2) is 4.45. The van der Waals surface area contributed by atoms with Crippen LogP contribution in [0, 0.1) is 6.92 Å². The molecule has 76 valence electrons. The summed E-state index contributed by atoms with van der Waals surface area (Å²) in [6.45, 7) is 2.60. The molecule has 5 nitrogen and oxygen atoms in total. The van der Waals surface area contributed by atoms with Gasteiger partial charge in [-0.1, -0.05) is 0 Å². The maximum atomic E-state index is 4.09. The lowest BCUT2D eigenvalue weighted by Crippen LogP contribution is -2.04. The third kappa shape index (κ3) is 2.70. The highest BCUT2D eigenvalue weighted by Crippen LogP contribution is 2.04. The fraction of sp³-hybridized carbons (Fsp3) is 0.200. The zero-order valence-corrected chi connectivity index (χ0v) is 8.38. The smallest absolute Gasteiger partial charge is 0.149 e. The van der Waals surface area contributed by atoms with Crippen molar-refractivity contribution in [2.24, 2.45) is 0 Å². The summed E-state index contributed by atoms with van der Waals surface area (Å²) in [7, 11) is 0. The number of hydrogen-bond donors (Lipinski definition) is 1. The van der Waals surface area contributed by atoms with E-state index >= 15 is 0 Å². The number of rotatable bonds is 3. The van der Waals surface area contributed by atoms with Crippen molar-refractivity contribution < 1.29 is 0 Å². The molecule has 0 aromatic carbocycles. The van der Waals surface area contributed by atoms with E-state index in [9.17, 15) is 0 Å². The molecule has 0 saturated heterocycles. The maximum absolute atomic E-state index is 4.09. The molecular formula is C10H11N5. The van der Waals surface area contributed by atoms with Crippen molar-refractivity contribution in [2.45, 2.75) is 13.5 Å². The molecule has 15 heavy (non-hydrogen) atoms. The Morgan fingerprint density at radius 3 is 3.07 bits per heavy atom. The molecule has 1 N–H and O–H groups in total. The number of anilines is 1. The predicted octanol–water partition coefficient (Wildman–Crippen LogP) is 1.19. The van der Waals surface area contributed by atoms with Gasteiger partial charge in [-0.2, -0.15) is 5.10 Å². The van der Waals surface area contributed by atoms with Gasteiger partial charge in [-0.25, -0.2) is 9.97 Å². The van der Waals surface area contributed by atoms with E-state index in [1.54, 1.807) is 12.4 Å². The van der Waals surface area contributed by atoms with E-state index in [2.05, 4.69) is 25.5 Å². The van der Waals surface area contributed by atoms with Crippen LogP contribution < -0.4 is 5.32 Å². The first-order chi connectivity index (χ1) is 7.34. The first-order valence-corrected chi connectivity index (χ1v) is 4.63. The lowest BCUT2D eigenvalue weighted by atomic mass is 10.3. The summed E-state index contributed by atoms with van der Waals surface area (Å²) in [6.07, 6.45) is 4.96. The highest BCUT2D eigenvalue weighted by Gasteiger charge is 1.96. The first kappa shape index (κ1) is 9.51. The van der Waals surface area contributed by atoms with Gasteiger partial charge in [0, 0.05) is 6.20 Å². The Balaban J connectivity index is 1.99. The van der Waals surface area contributed by atoms with Crippen molar-refractivity contribution in [1.29, 1.82) is 0 Å². The SMILES string of the molecule is Cc1cnnc(NCc2ccncn2)c1. The molecule has 0 fully saturated rings. The van der Waals surface area contributed by atoms with Crippen molar-refractivity contribution in [1.82, 2.24) is 20.2 Å². The van der Waals surface area contributed by atoms with Crippen LogP contribution in [-0.4, -0.2) is 20.2 Å². The van der Waals surface area contributed by atoms with E-state index < -0.39 is 0 Å². The molecule has 0 aliphatic heterocycles. The van der Waals surface area contributed by atoms with Gasteiger partial charge < -0.3 is 5.32 Å². The Labute approximate surface area is 87.6 Å². The minimum atomic E-state index is 0.626. The first-order valence-electron chi connectivity index (χ1n) is 4.63. The predicted molar refractivity (Wildman–Crippen MR) is 56.1 cm³/mol. The van der Waals surface area contributed by atoms with E-state index in [4.69, 9.17) is 0 Å². The van der Waals surface area contributed by atoms with Crippen LogP contribution in [0.3, 0.4) is 0 Å². The fourth-order valence-electron chi connectivity index (χ4n) is 1.15. The van der Waals surface area contributed by atoms with Gasteiger partial charge in [0.15, 0.2) is 0 Å². The molecule has 0 bridgehead atoms. The summed E-state index contributed by atoms with van der Waals surface area (Å²) in [5, 5.41) is 10.9. The number of aryl methyl sites for hydroxylation is 1. The minimum Gasteiger partial charge on any atom is -0.363 e. The Morgan fingerprint density at radius 2 is 2.33 bits per heavy atom. The van der Waals surface area contributed by atoms with Crippen LogP contribution in [0.4, 0.5) is 5.82 Å². The molecule has 0 amide bonds. The van der Waals surface area contributed by atoms with Gasteiger partial charge in [-0.05, 0) is 24.6 Å². The highest BCUT2D eigenvalue weighted by atomic mass is 15.2. The van der Waals surface area contributed by atoms with Crippen LogP contribution in [-0.2, 0) is 6.54 Å². The largest absolute Gasteiger partial charge is 0.363 e. The summed E-state index contributed by atoms with van der Waals surface area (Å²) >= 11 is 0. The van der Waals surface area contributed by atoms with Crippen LogP contribution in [0.15, 0.2) is 30.9 Å². The second-order valence-corrected chi connectivity index (χ2v) is 3.17. The normalized spacial score (nSPS) is 9.93. The molecule has 0 unspecified atom stereocenters. The van der Waals surface area contributed by atoms with E-state index in [0.717, 1.165) is 17.1 Å². The molecular weight excluding hydrogens is 190 g/mol. The molecule has 2 heterocycles. The van der Waals surface area contributed by atoms with Crippen LogP contribution >= 0.6 is 0 Å². The van der Waals surface area contributed by atoms with E-state index in [-0.39, 0.29) is 0 Å². The molecule has 5 heteroatoms. The molecule has 0 spiro atoms. The average molecular weight is 201 g/mol. The zero-order chi connectivity index (χ0) is 10.5. The zero-order valence-electron chi connectivity index (χ0n) is 8.38. The maximum Gasteiger partial charge on any atom is 0.149 e. The molecule has 0 saturated carbocycles. The third-order valence-electron chi connectivity index (χ3n) is 1.89. The van der Waals surface area contributed by atoms with Crippen LogP contribution in [0.1, 0.15) is 11.3 Å². The van der Waals surface area contributed by atoms with Crippen molar-refractivity contribution in [3.8, 4) is 0 Å². The summed E-state index contributed by atoms with van der Waals surface area (Å²) in [5.74, 6) is 0.758. The number of nitrogens with one attached hydrogen (secondary N) is 1. The monoisotopic (exact) mass is 201 g/mol. The summed E-state index contributed by atoms with van der Waals surface area (Å²) in [4.78, 5) is 7.94. The molecule has 0 atom stereocenters. The topological polar surface area (TPSA) is 63.6 Å². The standard InChI is InChI=1S/C10H11N5/c1-8-4-10(15-14-5-8)12-6-9-2-3-11-7-13-9/h2-5,7H,6H2,1H3,(H,12,15). The van der Waals surface area contributed by atoms with E-state index in [0.29, 0.717) is 6.54 Å². The summed E-state index contributed by atoms with van der Waals surface area (Å²) in [6, 6.07) is 3.80. The molecule has 0 aliphatic rings. The molecule has 2 aromatic heterocycles. The van der Waals surface area contributed by atoms with E-state index in [1.165, 1.54) is 6.33 Å². The lowest BCUT2D eigenvalue weighted by molar-refractivity contribution is 0.958. The highest BCUT2D eigenvalue weighted by molar-refractivity contribution is 5.35. The molecule has 0 radical (unpaired) electrons. The summed E-state index contributed by atoms with van der Waals surface area (Å²) in [5.41, 5.74) is 2.00. The third-order valence-corrected chi connectivity index (χ3v) is 1.89. The van der Waals surface area contributed by atoms with E-state index in [1.807, 2.05) is 19.1 Å². The summed E-state index contributed by atoms with van der Waals surface area (Å²) < 4.78 is 0. The van der Waals surface area contributed by atoms with Gasteiger partial charge in [0.1, 0.15) is 12.1 Å². The Bertz CT molecular complexity index is 429. The van der Waals surface area contributed by atoms with Crippen LogP contribution in [0.25, 0.3) is 0 Å². The van der Waals surface area contributed by atoms with Crippen molar-refractivity contribution >= 4 is 5.82 Å². The average Bonchev–Trinajstić information content (AvgIpc) is 2.28. The Kier molecular flexibility index (Phi) is 2.82. The number of aromatic nitrogens is 4. The molecule has 2 rings (SSSR count). The number of nitrogens with zero attached hydrogens (tertiary/aromatic N) is 4. The lowest BCUT2D eigenvalue weighted by Gasteiger charge is -2.03. The quantitative estimate of drug-likeness (QED) is 0.808. The molecule has 2 aromatic rings. The van der Waals surface area contributed by atoms with Gasteiger partial charge in [0.25, 0.3) is 0 Å². The fourth-order valence-corrected chi connectivity index (χ4v) is 1.15. The van der Waals surface area contributed by atoms with Gasteiger partial charge in [0.2, 0.25) is 0 Å².